The summed E-state index contributed by atoms with van der Waals surface area (Å²) in [6.45, 7) is 10.1. The Morgan fingerprint density at radius 1 is 0.914 bits per heavy atom. The number of carboxylic acids is 1. The maximum atomic E-state index is 12.7. The lowest BCUT2D eigenvalue weighted by atomic mass is 10.0. The molecule has 2 N–H and O–H groups in total. The second-order valence-corrected chi connectivity index (χ2v) is 8.90. The molecule has 0 saturated carbocycles. The van der Waals surface area contributed by atoms with Crippen LogP contribution in [0.2, 0.25) is 0 Å². The van der Waals surface area contributed by atoms with E-state index in [-0.39, 0.29) is 6.42 Å². The molecule has 1 unspecified atom stereocenters. The van der Waals surface area contributed by atoms with Crippen molar-refractivity contribution in [2.45, 2.75) is 59.3 Å². The molecule has 3 rings (SSSR count). The number of aliphatic carboxylic acids is 1. The first-order chi connectivity index (χ1) is 16.7. The third kappa shape index (κ3) is 6.01. The van der Waals surface area contributed by atoms with Gasteiger partial charge in [0.05, 0.1) is 0 Å². The van der Waals surface area contributed by atoms with Crippen molar-refractivity contribution in [3.63, 3.8) is 0 Å². The number of carboxylic acid groups (broad SMARTS) is 1. The zero-order chi connectivity index (χ0) is 25.6. The number of carbonyl (C=O) groups excluding carboxylic acids is 1. The van der Waals surface area contributed by atoms with E-state index in [0.717, 1.165) is 16.7 Å². The number of benzene rings is 3. The zero-order valence-electron chi connectivity index (χ0n) is 20.9. The van der Waals surface area contributed by atoms with Crippen LogP contribution < -0.4 is 14.8 Å². The van der Waals surface area contributed by atoms with E-state index in [9.17, 15) is 14.7 Å². The summed E-state index contributed by atoms with van der Waals surface area (Å²) in [4.78, 5) is 25.0. The summed E-state index contributed by atoms with van der Waals surface area (Å²) < 4.78 is 12.0. The lowest BCUT2D eigenvalue weighted by molar-refractivity contribution is -0.158. The molecule has 0 spiro atoms. The molecule has 3 aromatic rings. The molecule has 0 radical (unpaired) electrons. The van der Waals surface area contributed by atoms with Crippen LogP contribution in [0.1, 0.15) is 65.7 Å². The van der Waals surface area contributed by atoms with Crippen molar-refractivity contribution in [3.05, 3.63) is 94.5 Å². The molecule has 0 heterocycles. The van der Waals surface area contributed by atoms with E-state index in [2.05, 4.69) is 43.4 Å². The van der Waals surface area contributed by atoms with Crippen LogP contribution in [-0.4, -0.2) is 22.7 Å². The summed E-state index contributed by atoms with van der Waals surface area (Å²) in [5.74, 6) is -0.262. The molecule has 0 saturated heterocycles. The fraction of sp³-hybridized carbons (Fsp3) is 0.310. The predicted octanol–water partition coefficient (Wildman–Crippen LogP) is 6.01. The van der Waals surface area contributed by atoms with Crippen molar-refractivity contribution in [2.75, 3.05) is 0 Å². The Hall–Kier alpha value is -3.80. The molecule has 0 aliphatic rings. The molecule has 1 amide bonds. The lowest BCUT2D eigenvalue weighted by Crippen LogP contribution is -2.58. The largest absolute Gasteiger partial charge is 0.489 e. The summed E-state index contributed by atoms with van der Waals surface area (Å²) in [5, 5.41) is 12.6. The average molecular weight is 476 g/mol. The summed E-state index contributed by atoms with van der Waals surface area (Å²) >= 11 is 0. The van der Waals surface area contributed by atoms with Crippen molar-refractivity contribution < 1.29 is 24.2 Å². The second kappa shape index (κ2) is 11.1. The molecular formula is C29H33NO5. The van der Waals surface area contributed by atoms with Crippen LogP contribution in [0.15, 0.2) is 66.7 Å². The first kappa shape index (κ1) is 25.8. The maximum absolute atomic E-state index is 12.7. The van der Waals surface area contributed by atoms with Crippen molar-refractivity contribution in [3.8, 4) is 11.5 Å². The van der Waals surface area contributed by atoms with Crippen LogP contribution in [0.3, 0.4) is 0 Å². The van der Waals surface area contributed by atoms with Crippen LogP contribution >= 0.6 is 0 Å². The Kier molecular flexibility index (Phi) is 8.18. The lowest BCUT2D eigenvalue weighted by Gasteiger charge is -2.31. The maximum Gasteiger partial charge on any atom is 0.370 e. The van der Waals surface area contributed by atoms with Gasteiger partial charge in [-0.05, 0) is 66.3 Å². The van der Waals surface area contributed by atoms with E-state index in [0.29, 0.717) is 29.6 Å². The fourth-order valence-corrected chi connectivity index (χ4v) is 3.66. The quantitative estimate of drug-likeness (QED) is 0.351. The van der Waals surface area contributed by atoms with Gasteiger partial charge in [-0.3, -0.25) is 4.79 Å². The van der Waals surface area contributed by atoms with Gasteiger partial charge in [0.25, 0.3) is 11.6 Å². The molecule has 1 atom stereocenters. The highest BCUT2D eigenvalue weighted by Crippen LogP contribution is 2.32. The van der Waals surface area contributed by atoms with Crippen LogP contribution in [0.5, 0.6) is 11.5 Å². The molecule has 0 aromatic heterocycles. The first-order valence-electron chi connectivity index (χ1n) is 11.8. The zero-order valence-corrected chi connectivity index (χ0v) is 20.9. The number of hydrogen-bond acceptors (Lipinski definition) is 4. The first-order valence-corrected chi connectivity index (χ1v) is 11.8. The fourth-order valence-electron chi connectivity index (χ4n) is 3.66. The molecule has 3 aromatic carbocycles. The van der Waals surface area contributed by atoms with Crippen molar-refractivity contribution >= 4 is 11.9 Å². The van der Waals surface area contributed by atoms with Gasteiger partial charge in [0.15, 0.2) is 0 Å². The van der Waals surface area contributed by atoms with Gasteiger partial charge in [-0.15, -0.1) is 0 Å². The van der Waals surface area contributed by atoms with Gasteiger partial charge in [-0.25, -0.2) is 4.79 Å². The minimum absolute atomic E-state index is 0.0318. The van der Waals surface area contributed by atoms with Crippen LogP contribution in [-0.2, 0) is 11.4 Å². The van der Waals surface area contributed by atoms with Crippen LogP contribution in [0, 0.1) is 13.8 Å². The molecule has 35 heavy (non-hydrogen) atoms. The Labute approximate surface area is 206 Å². The monoisotopic (exact) mass is 475 g/mol. The molecule has 6 nitrogen and oxygen atoms in total. The van der Waals surface area contributed by atoms with Gasteiger partial charge in [-0.1, -0.05) is 63.2 Å². The van der Waals surface area contributed by atoms with Crippen molar-refractivity contribution in [1.29, 1.82) is 0 Å². The Morgan fingerprint density at radius 2 is 1.51 bits per heavy atom. The van der Waals surface area contributed by atoms with Crippen LogP contribution in [0.4, 0.5) is 0 Å². The summed E-state index contributed by atoms with van der Waals surface area (Å²) in [7, 11) is 0. The third-order valence-corrected chi connectivity index (χ3v) is 6.21. The van der Waals surface area contributed by atoms with Gasteiger partial charge in [0.2, 0.25) is 0 Å². The molecule has 184 valence electrons. The number of hydrogen-bond donors (Lipinski definition) is 2. The second-order valence-electron chi connectivity index (χ2n) is 8.90. The van der Waals surface area contributed by atoms with E-state index < -0.39 is 17.6 Å². The minimum atomic E-state index is -1.91. The molecule has 0 bridgehead atoms. The molecular weight excluding hydrogens is 442 g/mol. The van der Waals surface area contributed by atoms with Gasteiger partial charge < -0.3 is 19.9 Å². The third-order valence-electron chi connectivity index (χ3n) is 6.21. The summed E-state index contributed by atoms with van der Waals surface area (Å²) in [6.07, 6.45) is 0.0318. The van der Waals surface area contributed by atoms with Gasteiger partial charge in [0, 0.05) is 12.0 Å². The Bertz CT molecular complexity index is 1170. The van der Waals surface area contributed by atoms with E-state index in [4.69, 9.17) is 9.47 Å². The van der Waals surface area contributed by atoms with E-state index >= 15 is 0 Å². The van der Waals surface area contributed by atoms with Gasteiger partial charge in [0.1, 0.15) is 18.1 Å². The number of nitrogens with one attached hydrogen (secondary N) is 1. The number of carbonyl (C=O) groups is 2. The van der Waals surface area contributed by atoms with E-state index in [1.54, 1.807) is 49.4 Å². The van der Waals surface area contributed by atoms with Crippen LogP contribution in [0.25, 0.3) is 0 Å². The van der Waals surface area contributed by atoms with E-state index in [1.165, 1.54) is 5.56 Å². The predicted molar refractivity (Wildman–Crippen MR) is 136 cm³/mol. The number of ether oxygens (including phenoxy) is 2. The molecule has 0 aliphatic heterocycles. The average Bonchev–Trinajstić information content (AvgIpc) is 2.86. The van der Waals surface area contributed by atoms with Crippen molar-refractivity contribution in [2.24, 2.45) is 0 Å². The molecule has 6 heteroatoms. The number of amides is 1. The number of rotatable bonds is 10. The SMILES string of the molecule is CCC(NC(=O)c1ccccc1)(Oc1ccc(OCc2ccc(C(C)C)cc2)c(C)c1C)C(=O)O. The summed E-state index contributed by atoms with van der Waals surface area (Å²) in [6, 6.07) is 20.3. The Morgan fingerprint density at radius 3 is 2.09 bits per heavy atom. The Balaban J connectivity index is 1.78. The highest BCUT2D eigenvalue weighted by atomic mass is 16.5. The normalized spacial score (nSPS) is 12.6. The van der Waals surface area contributed by atoms with Gasteiger partial charge >= 0.3 is 5.97 Å². The summed E-state index contributed by atoms with van der Waals surface area (Å²) in [5.41, 5.74) is 2.36. The van der Waals surface area contributed by atoms with E-state index in [1.807, 2.05) is 13.8 Å². The standard InChI is InChI=1S/C29H33NO5/c1-6-29(28(32)33,30-27(31)24-10-8-7-9-11-24)35-26-17-16-25(20(4)21(26)5)34-18-22-12-14-23(15-13-22)19(2)3/h7-17,19H,6,18H2,1-5H3,(H,30,31)(H,32,33). The highest BCUT2D eigenvalue weighted by molar-refractivity contribution is 5.97. The topological polar surface area (TPSA) is 84.9 Å². The van der Waals surface area contributed by atoms with Gasteiger partial charge in [-0.2, -0.15) is 0 Å². The molecule has 0 aliphatic carbocycles. The smallest absolute Gasteiger partial charge is 0.370 e. The van der Waals surface area contributed by atoms with Crippen molar-refractivity contribution in [1.82, 2.24) is 5.32 Å². The minimum Gasteiger partial charge on any atom is -0.489 e. The highest BCUT2D eigenvalue weighted by Gasteiger charge is 2.42. The molecule has 0 fully saturated rings.